The highest BCUT2D eigenvalue weighted by Gasteiger charge is 2.22. The maximum Gasteiger partial charge on any atom is 0.206 e. The van der Waals surface area contributed by atoms with E-state index in [1.807, 2.05) is 6.92 Å². The number of rotatable bonds is 7. The van der Waals surface area contributed by atoms with E-state index in [2.05, 4.69) is 0 Å². The van der Waals surface area contributed by atoms with Crippen molar-refractivity contribution in [3.8, 4) is 0 Å². The maximum absolute atomic E-state index is 12.0. The summed E-state index contributed by atoms with van der Waals surface area (Å²) in [6, 6.07) is 12.7. The van der Waals surface area contributed by atoms with Gasteiger partial charge in [-0.15, -0.1) is 0 Å². The predicted octanol–water partition coefficient (Wildman–Crippen LogP) is 3.63. The SMILES string of the molecule is Cc1ccc(C(=O)CC(=O)C(=O)CC(=O)c2ccc(Cl)cc2)cc1. The minimum atomic E-state index is -0.865. The van der Waals surface area contributed by atoms with Crippen LogP contribution in [-0.4, -0.2) is 23.1 Å². The van der Waals surface area contributed by atoms with Gasteiger partial charge in [0.05, 0.1) is 12.8 Å². The summed E-state index contributed by atoms with van der Waals surface area (Å²) in [5.74, 6) is -2.64. The fourth-order valence-corrected chi connectivity index (χ4v) is 2.19. The number of carbonyl (C=O) groups is 4. The van der Waals surface area contributed by atoms with Crippen molar-refractivity contribution in [2.45, 2.75) is 19.8 Å². The summed E-state index contributed by atoms with van der Waals surface area (Å²) in [6.45, 7) is 1.88. The molecule has 0 aliphatic carbocycles. The molecule has 0 aromatic heterocycles. The Morgan fingerprint density at radius 2 is 1.08 bits per heavy atom. The molecule has 2 rings (SSSR count). The van der Waals surface area contributed by atoms with Crippen molar-refractivity contribution in [2.75, 3.05) is 0 Å². The largest absolute Gasteiger partial charge is 0.294 e. The van der Waals surface area contributed by atoms with Gasteiger partial charge in [0.2, 0.25) is 11.6 Å². The molecule has 4 nitrogen and oxygen atoms in total. The van der Waals surface area contributed by atoms with E-state index < -0.39 is 36.0 Å². The van der Waals surface area contributed by atoms with E-state index in [4.69, 9.17) is 11.6 Å². The molecular weight excluding hydrogens is 328 g/mol. The first-order chi connectivity index (χ1) is 11.4. The molecule has 0 atom stereocenters. The van der Waals surface area contributed by atoms with Crippen molar-refractivity contribution in [1.82, 2.24) is 0 Å². The molecule has 0 fully saturated rings. The maximum atomic E-state index is 12.0. The Morgan fingerprint density at radius 1 is 0.708 bits per heavy atom. The lowest BCUT2D eigenvalue weighted by Gasteiger charge is -2.02. The van der Waals surface area contributed by atoms with Gasteiger partial charge in [-0.1, -0.05) is 41.4 Å². The molecule has 0 spiro atoms. The lowest BCUT2D eigenvalue weighted by Crippen LogP contribution is -2.21. The normalized spacial score (nSPS) is 10.2. The topological polar surface area (TPSA) is 68.3 Å². The zero-order valence-electron chi connectivity index (χ0n) is 13.0. The number of halogens is 1. The van der Waals surface area contributed by atoms with Crippen molar-refractivity contribution in [3.05, 3.63) is 70.2 Å². The van der Waals surface area contributed by atoms with Crippen LogP contribution < -0.4 is 0 Å². The van der Waals surface area contributed by atoms with Gasteiger partial charge in [0, 0.05) is 16.1 Å². The number of carbonyl (C=O) groups excluding carboxylic acids is 4. The zero-order valence-corrected chi connectivity index (χ0v) is 13.8. The van der Waals surface area contributed by atoms with E-state index >= 15 is 0 Å². The molecule has 2 aromatic carbocycles. The van der Waals surface area contributed by atoms with Crippen LogP contribution in [0, 0.1) is 6.92 Å². The van der Waals surface area contributed by atoms with Crippen LogP contribution in [-0.2, 0) is 9.59 Å². The fraction of sp³-hybridized carbons (Fsp3) is 0.158. The summed E-state index contributed by atoms with van der Waals surface area (Å²) in [5, 5.41) is 0.470. The molecule has 0 saturated heterocycles. The molecular formula is C19H15ClO4. The van der Waals surface area contributed by atoms with Gasteiger partial charge in [-0.2, -0.15) is 0 Å². The van der Waals surface area contributed by atoms with Gasteiger partial charge in [-0.3, -0.25) is 19.2 Å². The van der Waals surface area contributed by atoms with Gasteiger partial charge in [0.15, 0.2) is 11.6 Å². The molecule has 2 aromatic rings. The second-order valence-electron chi connectivity index (χ2n) is 5.42. The average Bonchev–Trinajstić information content (AvgIpc) is 2.55. The molecule has 24 heavy (non-hydrogen) atoms. The molecule has 0 radical (unpaired) electrons. The van der Waals surface area contributed by atoms with Gasteiger partial charge in [-0.25, -0.2) is 0 Å². The second-order valence-corrected chi connectivity index (χ2v) is 5.86. The van der Waals surface area contributed by atoms with Crippen LogP contribution in [0.25, 0.3) is 0 Å². The zero-order chi connectivity index (χ0) is 17.7. The van der Waals surface area contributed by atoms with Gasteiger partial charge in [0.25, 0.3) is 0 Å². The quantitative estimate of drug-likeness (QED) is 0.437. The summed E-state index contributed by atoms with van der Waals surface area (Å²) in [4.78, 5) is 47.7. The Morgan fingerprint density at radius 3 is 1.50 bits per heavy atom. The summed E-state index contributed by atoms with van der Waals surface area (Å²) in [7, 11) is 0. The fourth-order valence-electron chi connectivity index (χ4n) is 2.07. The molecule has 0 unspecified atom stereocenters. The molecule has 0 saturated carbocycles. The third-order valence-electron chi connectivity index (χ3n) is 3.49. The standard InChI is InChI=1S/C19H15ClO4/c1-12-2-4-13(5-3-12)16(21)10-18(23)19(24)11-17(22)14-6-8-15(20)9-7-14/h2-9H,10-11H2,1H3. The molecule has 122 valence electrons. The molecule has 0 aliphatic heterocycles. The lowest BCUT2D eigenvalue weighted by atomic mass is 9.99. The third kappa shape index (κ3) is 4.70. The summed E-state index contributed by atoms with van der Waals surface area (Å²) < 4.78 is 0. The van der Waals surface area contributed by atoms with Crippen LogP contribution in [0.1, 0.15) is 39.1 Å². The molecule has 0 amide bonds. The Kier molecular flexibility index (Phi) is 5.77. The highest BCUT2D eigenvalue weighted by atomic mass is 35.5. The second kappa shape index (κ2) is 7.79. The smallest absolute Gasteiger partial charge is 0.206 e. The van der Waals surface area contributed by atoms with Crippen molar-refractivity contribution in [1.29, 1.82) is 0 Å². The predicted molar refractivity (Wildman–Crippen MR) is 90.5 cm³/mol. The summed E-state index contributed by atoms with van der Waals surface area (Å²) >= 11 is 5.73. The lowest BCUT2D eigenvalue weighted by molar-refractivity contribution is -0.135. The van der Waals surface area contributed by atoms with Crippen LogP contribution in [0.3, 0.4) is 0 Å². The molecule has 0 bridgehead atoms. The molecule has 0 aliphatic rings. The molecule has 5 heteroatoms. The molecule has 0 heterocycles. The van der Waals surface area contributed by atoms with E-state index in [1.54, 1.807) is 24.3 Å². The van der Waals surface area contributed by atoms with Gasteiger partial charge < -0.3 is 0 Å². The number of benzene rings is 2. The number of hydrogen-bond acceptors (Lipinski definition) is 4. The van der Waals surface area contributed by atoms with Crippen LogP contribution in [0.15, 0.2) is 48.5 Å². The third-order valence-corrected chi connectivity index (χ3v) is 3.74. The number of aryl methyl sites for hydroxylation is 1. The van der Waals surface area contributed by atoms with Crippen molar-refractivity contribution in [3.63, 3.8) is 0 Å². The van der Waals surface area contributed by atoms with Gasteiger partial charge >= 0.3 is 0 Å². The van der Waals surface area contributed by atoms with E-state index in [0.717, 1.165) is 5.56 Å². The Bertz CT molecular complexity index is 720. The highest BCUT2D eigenvalue weighted by molar-refractivity contribution is 6.44. The van der Waals surface area contributed by atoms with E-state index in [9.17, 15) is 19.2 Å². The van der Waals surface area contributed by atoms with E-state index in [0.29, 0.717) is 16.1 Å². The Balaban J connectivity index is 1.95. The van der Waals surface area contributed by atoms with Crippen LogP contribution in [0.2, 0.25) is 5.02 Å². The van der Waals surface area contributed by atoms with Crippen LogP contribution in [0.4, 0.5) is 0 Å². The Hall–Kier alpha value is -2.59. The number of hydrogen-bond donors (Lipinski definition) is 0. The van der Waals surface area contributed by atoms with Gasteiger partial charge in [0.1, 0.15) is 0 Å². The Labute approximate surface area is 144 Å². The minimum Gasteiger partial charge on any atom is -0.294 e. The van der Waals surface area contributed by atoms with Crippen molar-refractivity contribution < 1.29 is 19.2 Å². The summed E-state index contributed by atoms with van der Waals surface area (Å²) in [6.07, 6.45) is -1.09. The first kappa shape index (κ1) is 17.8. The van der Waals surface area contributed by atoms with Crippen molar-refractivity contribution >= 4 is 34.7 Å². The summed E-state index contributed by atoms with van der Waals surface area (Å²) in [5.41, 5.74) is 1.65. The first-order valence-corrected chi connectivity index (χ1v) is 7.69. The van der Waals surface area contributed by atoms with E-state index in [1.165, 1.54) is 24.3 Å². The van der Waals surface area contributed by atoms with Crippen molar-refractivity contribution in [2.24, 2.45) is 0 Å². The minimum absolute atomic E-state index is 0.297. The molecule has 0 N–H and O–H groups in total. The number of Topliss-reactive ketones (excluding diaryl/α,β-unsaturated/α-hetero) is 4. The van der Waals surface area contributed by atoms with Crippen LogP contribution >= 0.6 is 11.6 Å². The van der Waals surface area contributed by atoms with Crippen LogP contribution in [0.5, 0.6) is 0 Å². The average molecular weight is 343 g/mol. The number of ketones is 4. The highest BCUT2D eigenvalue weighted by Crippen LogP contribution is 2.12. The monoisotopic (exact) mass is 342 g/mol. The first-order valence-electron chi connectivity index (χ1n) is 7.31. The van der Waals surface area contributed by atoms with Gasteiger partial charge in [-0.05, 0) is 31.2 Å². The van der Waals surface area contributed by atoms with E-state index in [-0.39, 0.29) is 0 Å².